The molecule has 0 spiro atoms. The Hall–Kier alpha value is -3.76. The lowest BCUT2D eigenvalue weighted by Gasteiger charge is -2.11. The number of aryl methyl sites for hydroxylation is 1. The van der Waals surface area contributed by atoms with Gasteiger partial charge in [0.1, 0.15) is 11.5 Å². The van der Waals surface area contributed by atoms with Crippen LogP contribution >= 0.6 is 0 Å². The number of methoxy groups -OCH3 is 1. The van der Waals surface area contributed by atoms with Crippen molar-refractivity contribution in [2.75, 3.05) is 30.8 Å². The molecule has 146 valence electrons. The highest BCUT2D eigenvalue weighted by Crippen LogP contribution is 2.22. The summed E-state index contributed by atoms with van der Waals surface area (Å²) < 4.78 is 6.08. The van der Waals surface area contributed by atoms with E-state index < -0.39 is 10.9 Å². The maximum atomic E-state index is 11.7. The van der Waals surface area contributed by atoms with E-state index in [2.05, 4.69) is 30.4 Å². The second-order valence-corrected chi connectivity index (χ2v) is 5.75. The summed E-state index contributed by atoms with van der Waals surface area (Å²) in [4.78, 5) is 30.8. The Morgan fingerprint density at radius 1 is 1.25 bits per heavy atom. The molecule has 0 fully saturated rings. The van der Waals surface area contributed by atoms with Crippen LogP contribution in [-0.4, -0.2) is 50.7 Å². The predicted octanol–water partition coefficient (Wildman–Crippen LogP) is 1.91. The number of fused-ring (bicyclic) bond motifs is 1. The van der Waals surface area contributed by atoms with Crippen LogP contribution in [0.4, 0.5) is 17.2 Å². The largest absolute Gasteiger partial charge is 0.463 e. The van der Waals surface area contributed by atoms with E-state index in [1.54, 1.807) is 18.2 Å². The molecule has 0 amide bonds. The minimum atomic E-state index is -0.646. The van der Waals surface area contributed by atoms with E-state index in [1.807, 2.05) is 13.0 Å². The molecule has 28 heavy (non-hydrogen) atoms. The average Bonchev–Trinajstić information content (AvgIpc) is 3.14. The summed E-state index contributed by atoms with van der Waals surface area (Å²) in [7, 11) is 1.26. The number of carbonyl (C=O) groups excluding carboxylic acids is 1. The molecule has 11 nitrogen and oxygen atoms in total. The number of para-hydroxylation sites is 2. The van der Waals surface area contributed by atoms with Gasteiger partial charge in [0.05, 0.1) is 12.0 Å². The number of nitrogens with one attached hydrogen (secondary N) is 2. The van der Waals surface area contributed by atoms with E-state index in [9.17, 15) is 14.9 Å². The summed E-state index contributed by atoms with van der Waals surface area (Å²) in [5.41, 5.74) is 1.24. The number of nitro groups is 1. The minimum Gasteiger partial charge on any atom is -0.463 e. The fraction of sp³-hybridized carbons (Fsp3) is 0.294. The molecule has 11 heteroatoms. The van der Waals surface area contributed by atoms with E-state index in [-0.39, 0.29) is 17.3 Å². The monoisotopic (exact) mass is 385 g/mol. The first-order chi connectivity index (χ1) is 13.5. The summed E-state index contributed by atoms with van der Waals surface area (Å²) in [6.45, 7) is 2.83. The molecule has 0 saturated heterocycles. The molecule has 1 aromatic carbocycles. The number of benzene rings is 1. The van der Waals surface area contributed by atoms with Gasteiger partial charge >= 0.3 is 5.97 Å². The van der Waals surface area contributed by atoms with Crippen molar-refractivity contribution in [3.63, 3.8) is 0 Å². The highest BCUT2D eigenvalue weighted by molar-refractivity contribution is 5.85. The van der Waals surface area contributed by atoms with Crippen LogP contribution in [0.1, 0.15) is 23.2 Å². The zero-order valence-electron chi connectivity index (χ0n) is 15.4. The number of nitrogens with zero attached hydrogens (tertiary/aromatic N) is 5. The summed E-state index contributed by atoms with van der Waals surface area (Å²) in [6, 6.07) is 8.25. The van der Waals surface area contributed by atoms with Gasteiger partial charge in [0.25, 0.3) is 17.3 Å². The van der Waals surface area contributed by atoms with E-state index >= 15 is 0 Å². The van der Waals surface area contributed by atoms with Crippen molar-refractivity contribution in [2.24, 2.45) is 0 Å². The van der Waals surface area contributed by atoms with Crippen LogP contribution in [0.3, 0.4) is 0 Å². The molecule has 0 atom stereocenters. The third-order valence-electron chi connectivity index (χ3n) is 3.94. The number of carbonyl (C=O) groups is 1. The molecule has 0 aliphatic rings. The van der Waals surface area contributed by atoms with E-state index in [1.165, 1.54) is 17.7 Å². The smallest absolute Gasteiger partial charge is 0.378 e. The van der Waals surface area contributed by atoms with Gasteiger partial charge in [0.2, 0.25) is 0 Å². The summed E-state index contributed by atoms with van der Waals surface area (Å²) in [5.74, 6) is 0.166. The third kappa shape index (κ3) is 3.98. The fourth-order valence-corrected chi connectivity index (χ4v) is 2.57. The van der Waals surface area contributed by atoms with E-state index in [0.717, 1.165) is 5.69 Å². The van der Waals surface area contributed by atoms with Gasteiger partial charge in [-0.1, -0.05) is 19.1 Å². The number of ether oxygens (including phenoxy) is 1. The van der Waals surface area contributed by atoms with Crippen LogP contribution in [-0.2, 0) is 11.2 Å². The Morgan fingerprint density at radius 2 is 2.00 bits per heavy atom. The van der Waals surface area contributed by atoms with Gasteiger partial charge in [-0.2, -0.15) is 9.50 Å². The molecule has 3 aromatic rings. The number of rotatable bonds is 8. The van der Waals surface area contributed by atoms with Gasteiger partial charge in [0, 0.05) is 30.9 Å². The van der Waals surface area contributed by atoms with Crippen molar-refractivity contribution >= 4 is 28.9 Å². The topological polar surface area (TPSA) is 137 Å². The SMILES string of the molecule is CCc1cc(NCCNc2ccccc2[N+](=O)[O-])n2nc(C(=O)OC)nc2n1. The van der Waals surface area contributed by atoms with Gasteiger partial charge in [-0.15, -0.1) is 5.10 Å². The Morgan fingerprint density at radius 3 is 2.71 bits per heavy atom. The molecule has 2 aromatic heterocycles. The normalized spacial score (nSPS) is 10.6. The van der Waals surface area contributed by atoms with Crippen molar-refractivity contribution in [3.8, 4) is 0 Å². The molecule has 0 radical (unpaired) electrons. The van der Waals surface area contributed by atoms with Gasteiger partial charge in [0.15, 0.2) is 0 Å². The van der Waals surface area contributed by atoms with Crippen LogP contribution in [0, 0.1) is 10.1 Å². The van der Waals surface area contributed by atoms with Crippen LogP contribution < -0.4 is 10.6 Å². The van der Waals surface area contributed by atoms with Crippen molar-refractivity contribution in [1.29, 1.82) is 0 Å². The molecular formula is C17H19N7O4. The summed E-state index contributed by atoms with van der Waals surface area (Å²) in [5, 5.41) is 21.4. The van der Waals surface area contributed by atoms with Crippen molar-refractivity contribution in [1.82, 2.24) is 19.6 Å². The molecule has 0 saturated carbocycles. The molecule has 0 aliphatic heterocycles. The second kappa shape index (κ2) is 8.29. The highest BCUT2D eigenvalue weighted by atomic mass is 16.6. The van der Waals surface area contributed by atoms with Gasteiger partial charge in [-0.3, -0.25) is 10.1 Å². The number of hydrogen-bond donors (Lipinski definition) is 2. The molecule has 2 N–H and O–H groups in total. The first-order valence-electron chi connectivity index (χ1n) is 8.59. The molecule has 0 unspecified atom stereocenters. The molecule has 0 bridgehead atoms. The maximum absolute atomic E-state index is 11.7. The predicted molar refractivity (Wildman–Crippen MR) is 102 cm³/mol. The van der Waals surface area contributed by atoms with E-state index in [0.29, 0.717) is 31.0 Å². The van der Waals surface area contributed by atoms with Gasteiger partial charge in [-0.05, 0) is 12.5 Å². The van der Waals surface area contributed by atoms with Gasteiger partial charge < -0.3 is 15.4 Å². The molecule has 2 heterocycles. The zero-order chi connectivity index (χ0) is 20.1. The standard InChI is InChI=1S/C17H19N7O4/c1-3-11-10-14(23-17(20-11)21-15(22-23)16(25)28-2)19-9-8-18-12-6-4-5-7-13(12)24(26)27/h4-7,10,18-19H,3,8-9H2,1-2H3. The lowest BCUT2D eigenvalue weighted by atomic mass is 10.2. The summed E-state index contributed by atoms with van der Waals surface area (Å²) in [6.07, 6.45) is 0.681. The number of aromatic nitrogens is 4. The Balaban J connectivity index is 1.74. The Bertz CT molecular complexity index is 1020. The summed E-state index contributed by atoms with van der Waals surface area (Å²) >= 11 is 0. The fourth-order valence-electron chi connectivity index (χ4n) is 2.57. The highest BCUT2D eigenvalue weighted by Gasteiger charge is 2.17. The van der Waals surface area contributed by atoms with Crippen molar-refractivity contribution in [2.45, 2.75) is 13.3 Å². The Kier molecular flexibility index (Phi) is 5.63. The first-order valence-corrected chi connectivity index (χ1v) is 8.59. The maximum Gasteiger partial charge on any atom is 0.378 e. The number of hydrogen-bond acceptors (Lipinski definition) is 9. The van der Waals surface area contributed by atoms with E-state index in [4.69, 9.17) is 0 Å². The van der Waals surface area contributed by atoms with Crippen LogP contribution in [0.25, 0.3) is 5.78 Å². The van der Waals surface area contributed by atoms with Crippen molar-refractivity contribution in [3.05, 3.63) is 52.0 Å². The third-order valence-corrected chi connectivity index (χ3v) is 3.94. The van der Waals surface area contributed by atoms with Gasteiger partial charge in [-0.25, -0.2) is 9.78 Å². The van der Waals surface area contributed by atoms with Crippen LogP contribution in [0.15, 0.2) is 30.3 Å². The number of nitro benzene ring substituents is 1. The first kappa shape index (κ1) is 19.0. The average molecular weight is 385 g/mol. The molecular weight excluding hydrogens is 366 g/mol. The van der Waals surface area contributed by atoms with Crippen LogP contribution in [0.5, 0.6) is 0 Å². The Labute approximate surface area is 159 Å². The molecule has 0 aliphatic carbocycles. The molecule has 3 rings (SSSR count). The lowest BCUT2D eigenvalue weighted by Crippen LogP contribution is -2.17. The quantitative estimate of drug-likeness (QED) is 0.258. The van der Waals surface area contributed by atoms with Crippen molar-refractivity contribution < 1.29 is 14.5 Å². The van der Waals surface area contributed by atoms with Crippen LogP contribution in [0.2, 0.25) is 0 Å². The minimum absolute atomic E-state index is 0.0149. The zero-order valence-corrected chi connectivity index (χ0v) is 15.4. The number of anilines is 2. The second-order valence-electron chi connectivity index (χ2n) is 5.75. The lowest BCUT2D eigenvalue weighted by molar-refractivity contribution is -0.384. The number of esters is 1.